The molecule has 2 rings (SSSR count). The molecule has 1 aliphatic heterocycles. The van der Waals surface area contributed by atoms with Crippen LogP contribution in [0.1, 0.15) is 57.2 Å². The smallest absolute Gasteiger partial charge is 0.129 e. The quantitative estimate of drug-likeness (QED) is 0.861. The highest BCUT2D eigenvalue weighted by atomic mass is 15.2. The van der Waals surface area contributed by atoms with Crippen LogP contribution < -0.4 is 10.2 Å². The summed E-state index contributed by atoms with van der Waals surface area (Å²) in [5.41, 5.74) is 2.57. The number of aromatic nitrogens is 1. The summed E-state index contributed by atoms with van der Waals surface area (Å²) >= 11 is 0. The molecule has 2 heterocycles. The fourth-order valence-corrected chi connectivity index (χ4v) is 3.20. The van der Waals surface area contributed by atoms with Gasteiger partial charge in [0.05, 0.1) is 0 Å². The van der Waals surface area contributed by atoms with E-state index in [0.717, 1.165) is 13.0 Å². The second-order valence-electron chi connectivity index (χ2n) is 5.84. The number of aryl methyl sites for hydroxylation is 1. The van der Waals surface area contributed by atoms with Gasteiger partial charge in [-0.2, -0.15) is 0 Å². The van der Waals surface area contributed by atoms with Crippen LogP contribution in [0.2, 0.25) is 0 Å². The molecule has 3 nitrogen and oxygen atoms in total. The molecule has 20 heavy (non-hydrogen) atoms. The Bertz CT molecular complexity index is 415. The largest absolute Gasteiger partial charge is 0.354 e. The van der Waals surface area contributed by atoms with Crippen LogP contribution in [0.4, 0.5) is 5.82 Å². The van der Waals surface area contributed by atoms with Gasteiger partial charge in [-0.15, -0.1) is 0 Å². The minimum atomic E-state index is 0.691. The summed E-state index contributed by atoms with van der Waals surface area (Å²) in [5.74, 6) is 1.20. The van der Waals surface area contributed by atoms with Crippen LogP contribution in [0.15, 0.2) is 12.1 Å². The second-order valence-corrected chi connectivity index (χ2v) is 5.84. The highest BCUT2D eigenvalue weighted by Crippen LogP contribution is 2.27. The molecule has 0 radical (unpaired) electrons. The van der Waals surface area contributed by atoms with Crippen LogP contribution in [0.25, 0.3) is 0 Å². The Hall–Kier alpha value is -1.09. The SMILES string of the molecule is CCCC1CCCCN1c1cc(CNC)cc(CC)n1. The van der Waals surface area contributed by atoms with Crippen molar-refractivity contribution in [1.29, 1.82) is 0 Å². The Morgan fingerprint density at radius 2 is 2.15 bits per heavy atom. The van der Waals surface area contributed by atoms with Gasteiger partial charge in [0.15, 0.2) is 0 Å². The van der Waals surface area contributed by atoms with E-state index < -0.39 is 0 Å². The van der Waals surface area contributed by atoms with Crippen LogP contribution in [0.3, 0.4) is 0 Å². The molecule has 1 aliphatic rings. The van der Waals surface area contributed by atoms with Gasteiger partial charge in [0.25, 0.3) is 0 Å². The molecule has 1 aromatic rings. The zero-order chi connectivity index (χ0) is 14.4. The maximum absolute atomic E-state index is 4.89. The first kappa shape index (κ1) is 15.3. The summed E-state index contributed by atoms with van der Waals surface area (Å²) in [7, 11) is 2.01. The lowest BCUT2D eigenvalue weighted by molar-refractivity contribution is 0.431. The normalized spacial score (nSPS) is 19.4. The highest BCUT2D eigenvalue weighted by Gasteiger charge is 2.23. The number of nitrogens with one attached hydrogen (secondary N) is 1. The van der Waals surface area contributed by atoms with Crippen molar-refractivity contribution in [1.82, 2.24) is 10.3 Å². The number of pyridine rings is 1. The molecule has 0 spiro atoms. The Morgan fingerprint density at radius 1 is 1.30 bits per heavy atom. The van der Waals surface area contributed by atoms with Gasteiger partial charge < -0.3 is 10.2 Å². The minimum absolute atomic E-state index is 0.691. The highest BCUT2D eigenvalue weighted by molar-refractivity contribution is 5.44. The molecular weight excluding hydrogens is 246 g/mol. The summed E-state index contributed by atoms with van der Waals surface area (Å²) in [6.45, 7) is 6.57. The fourth-order valence-electron chi connectivity index (χ4n) is 3.20. The summed E-state index contributed by atoms with van der Waals surface area (Å²) in [6, 6.07) is 5.21. The van der Waals surface area contributed by atoms with Gasteiger partial charge in [0, 0.05) is 24.8 Å². The van der Waals surface area contributed by atoms with Gasteiger partial charge in [-0.25, -0.2) is 4.98 Å². The monoisotopic (exact) mass is 275 g/mol. The van der Waals surface area contributed by atoms with E-state index in [0.29, 0.717) is 6.04 Å². The standard InChI is InChI=1S/C17H29N3/c1-4-8-16-9-6-7-10-20(16)17-12-14(13-18-3)11-15(5-2)19-17/h11-12,16,18H,4-10,13H2,1-3H3. The molecule has 1 unspecified atom stereocenters. The maximum Gasteiger partial charge on any atom is 0.129 e. The molecule has 1 atom stereocenters. The van der Waals surface area contributed by atoms with Crippen molar-refractivity contribution in [2.24, 2.45) is 0 Å². The van der Waals surface area contributed by atoms with E-state index in [-0.39, 0.29) is 0 Å². The summed E-state index contributed by atoms with van der Waals surface area (Å²) in [4.78, 5) is 7.45. The Labute approximate surface area is 123 Å². The number of rotatable bonds is 6. The van der Waals surface area contributed by atoms with E-state index in [2.05, 4.69) is 36.2 Å². The summed E-state index contributed by atoms with van der Waals surface area (Å²) in [5, 5.41) is 3.26. The third kappa shape index (κ3) is 3.72. The number of anilines is 1. The van der Waals surface area contributed by atoms with Crippen molar-refractivity contribution in [3.8, 4) is 0 Å². The topological polar surface area (TPSA) is 28.2 Å². The lowest BCUT2D eigenvalue weighted by Gasteiger charge is -2.37. The van der Waals surface area contributed by atoms with Crippen molar-refractivity contribution < 1.29 is 0 Å². The van der Waals surface area contributed by atoms with Crippen molar-refractivity contribution in [3.63, 3.8) is 0 Å². The zero-order valence-corrected chi connectivity index (χ0v) is 13.3. The number of nitrogens with zero attached hydrogens (tertiary/aromatic N) is 2. The molecule has 1 fully saturated rings. The molecule has 0 aliphatic carbocycles. The lowest BCUT2D eigenvalue weighted by Crippen LogP contribution is -2.40. The van der Waals surface area contributed by atoms with E-state index in [1.54, 1.807) is 0 Å². The van der Waals surface area contributed by atoms with Gasteiger partial charge in [-0.05, 0) is 56.8 Å². The van der Waals surface area contributed by atoms with Crippen LogP contribution in [-0.4, -0.2) is 24.6 Å². The molecular formula is C17H29N3. The van der Waals surface area contributed by atoms with Crippen LogP contribution in [0.5, 0.6) is 0 Å². The van der Waals surface area contributed by atoms with Crippen LogP contribution in [0, 0.1) is 0 Å². The van der Waals surface area contributed by atoms with Gasteiger partial charge in [0.2, 0.25) is 0 Å². The summed E-state index contributed by atoms with van der Waals surface area (Å²) in [6.07, 6.45) is 7.57. The fraction of sp³-hybridized carbons (Fsp3) is 0.706. The molecule has 1 saturated heterocycles. The minimum Gasteiger partial charge on any atom is -0.354 e. The first-order chi connectivity index (χ1) is 9.78. The van der Waals surface area contributed by atoms with Crippen molar-refractivity contribution in [3.05, 3.63) is 23.4 Å². The number of hydrogen-bond donors (Lipinski definition) is 1. The third-order valence-electron chi connectivity index (χ3n) is 4.21. The zero-order valence-electron chi connectivity index (χ0n) is 13.3. The van der Waals surface area contributed by atoms with Crippen LogP contribution >= 0.6 is 0 Å². The first-order valence-corrected chi connectivity index (χ1v) is 8.19. The van der Waals surface area contributed by atoms with E-state index in [9.17, 15) is 0 Å². The molecule has 3 heteroatoms. The van der Waals surface area contributed by atoms with Gasteiger partial charge in [0.1, 0.15) is 5.82 Å². The van der Waals surface area contributed by atoms with Crippen LogP contribution in [-0.2, 0) is 13.0 Å². The van der Waals surface area contributed by atoms with Gasteiger partial charge in [-0.1, -0.05) is 20.3 Å². The lowest BCUT2D eigenvalue weighted by atomic mass is 9.98. The predicted molar refractivity (Wildman–Crippen MR) is 86.3 cm³/mol. The van der Waals surface area contributed by atoms with Crippen molar-refractivity contribution in [2.45, 2.75) is 65.0 Å². The molecule has 0 amide bonds. The molecule has 112 valence electrons. The Balaban J connectivity index is 2.26. The van der Waals surface area contributed by atoms with Crippen molar-refractivity contribution in [2.75, 3.05) is 18.5 Å². The first-order valence-electron chi connectivity index (χ1n) is 8.19. The second kappa shape index (κ2) is 7.63. The average Bonchev–Trinajstić information content (AvgIpc) is 2.48. The van der Waals surface area contributed by atoms with E-state index in [1.165, 1.54) is 55.7 Å². The van der Waals surface area contributed by atoms with Gasteiger partial charge in [-0.3, -0.25) is 0 Å². The number of piperidine rings is 1. The molecule has 0 bridgehead atoms. The van der Waals surface area contributed by atoms with E-state index in [4.69, 9.17) is 4.98 Å². The van der Waals surface area contributed by atoms with E-state index in [1.807, 2.05) is 7.05 Å². The Morgan fingerprint density at radius 3 is 2.85 bits per heavy atom. The molecule has 1 N–H and O–H groups in total. The average molecular weight is 275 g/mol. The maximum atomic E-state index is 4.89. The molecule has 0 saturated carbocycles. The van der Waals surface area contributed by atoms with E-state index >= 15 is 0 Å². The molecule has 1 aromatic heterocycles. The molecule has 0 aromatic carbocycles. The van der Waals surface area contributed by atoms with Gasteiger partial charge >= 0.3 is 0 Å². The Kier molecular flexibility index (Phi) is 5.84. The third-order valence-corrected chi connectivity index (χ3v) is 4.21. The summed E-state index contributed by atoms with van der Waals surface area (Å²) < 4.78 is 0. The predicted octanol–water partition coefficient (Wildman–Crippen LogP) is 3.52. The number of hydrogen-bond acceptors (Lipinski definition) is 3. The van der Waals surface area contributed by atoms with Crippen molar-refractivity contribution >= 4 is 5.82 Å².